The SMILES string of the molecule is CCn1nc(C)c2nc(SCc3ccc(C)cc3)n(Cc3ccc(Cl)cc3)c(=O)c21. The average molecular weight is 439 g/mol. The Morgan fingerprint density at radius 1 is 1.00 bits per heavy atom. The van der Waals surface area contributed by atoms with E-state index in [-0.39, 0.29) is 5.56 Å². The summed E-state index contributed by atoms with van der Waals surface area (Å²) in [6, 6.07) is 16.0. The van der Waals surface area contributed by atoms with Crippen LogP contribution in [0.15, 0.2) is 58.5 Å². The van der Waals surface area contributed by atoms with Crippen molar-refractivity contribution in [2.75, 3.05) is 0 Å². The van der Waals surface area contributed by atoms with E-state index in [9.17, 15) is 4.79 Å². The van der Waals surface area contributed by atoms with Crippen LogP contribution in [-0.2, 0) is 18.8 Å². The molecule has 2 aromatic heterocycles. The third-order valence-electron chi connectivity index (χ3n) is 5.02. The van der Waals surface area contributed by atoms with Crippen molar-refractivity contribution in [3.05, 3.63) is 86.3 Å². The fourth-order valence-corrected chi connectivity index (χ4v) is 4.44. The molecule has 0 spiro atoms. The lowest BCUT2D eigenvalue weighted by Crippen LogP contribution is -2.25. The first kappa shape index (κ1) is 20.7. The second-order valence-electron chi connectivity index (χ2n) is 7.28. The van der Waals surface area contributed by atoms with Crippen molar-refractivity contribution in [3.8, 4) is 0 Å². The fraction of sp³-hybridized carbons (Fsp3) is 0.261. The van der Waals surface area contributed by atoms with E-state index in [2.05, 4.69) is 36.3 Å². The Labute approximate surface area is 184 Å². The van der Waals surface area contributed by atoms with Gasteiger partial charge in [0.1, 0.15) is 5.52 Å². The molecular weight excluding hydrogens is 416 g/mol. The Morgan fingerprint density at radius 3 is 2.33 bits per heavy atom. The lowest BCUT2D eigenvalue weighted by molar-refractivity contribution is 0.636. The number of thioether (sulfide) groups is 1. The molecule has 0 saturated heterocycles. The minimum atomic E-state index is -0.0659. The number of hydrogen-bond acceptors (Lipinski definition) is 4. The number of aromatic nitrogens is 4. The summed E-state index contributed by atoms with van der Waals surface area (Å²) in [6.45, 7) is 7.01. The van der Waals surface area contributed by atoms with Gasteiger partial charge in [-0.2, -0.15) is 5.10 Å². The van der Waals surface area contributed by atoms with Crippen molar-refractivity contribution in [1.29, 1.82) is 0 Å². The van der Waals surface area contributed by atoms with Crippen molar-refractivity contribution < 1.29 is 0 Å². The van der Waals surface area contributed by atoms with Crippen LogP contribution >= 0.6 is 23.4 Å². The number of fused-ring (bicyclic) bond motifs is 1. The molecule has 0 unspecified atom stereocenters. The van der Waals surface area contributed by atoms with E-state index in [0.29, 0.717) is 34.3 Å². The quantitative estimate of drug-likeness (QED) is 0.306. The summed E-state index contributed by atoms with van der Waals surface area (Å²) >= 11 is 7.60. The van der Waals surface area contributed by atoms with E-state index >= 15 is 0 Å². The molecule has 0 fully saturated rings. The third-order valence-corrected chi connectivity index (χ3v) is 6.32. The molecule has 5 nitrogen and oxygen atoms in total. The molecule has 0 N–H and O–H groups in total. The van der Waals surface area contributed by atoms with Crippen LogP contribution in [0.5, 0.6) is 0 Å². The van der Waals surface area contributed by atoms with Crippen molar-refractivity contribution in [2.24, 2.45) is 0 Å². The lowest BCUT2D eigenvalue weighted by Gasteiger charge is -2.13. The number of rotatable bonds is 6. The summed E-state index contributed by atoms with van der Waals surface area (Å²) in [7, 11) is 0. The molecule has 0 saturated carbocycles. The van der Waals surface area contributed by atoms with E-state index in [4.69, 9.17) is 16.6 Å². The fourth-order valence-electron chi connectivity index (χ4n) is 3.37. The molecule has 0 aliphatic rings. The van der Waals surface area contributed by atoms with Gasteiger partial charge in [-0.3, -0.25) is 14.0 Å². The Balaban J connectivity index is 1.79. The maximum Gasteiger partial charge on any atom is 0.280 e. The predicted molar refractivity (Wildman–Crippen MR) is 123 cm³/mol. The highest BCUT2D eigenvalue weighted by Gasteiger charge is 2.18. The predicted octanol–water partition coefficient (Wildman–Crippen LogP) is 5.22. The summed E-state index contributed by atoms with van der Waals surface area (Å²) in [4.78, 5) is 18.4. The van der Waals surface area contributed by atoms with Crippen LogP contribution in [0.25, 0.3) is 11.0 Å². The van der Waals surface area contributed by atoms with E-state index in [1.165, 1.54) is 11.1 Å². The molecule has 30 heavy (non-hydrogen) atoms. The Morgan fingerprint density at radius 2 is 1.67 bits per heavy atom. The highest BCUT2D eigenvalue weighted by atomic mass is 35.5. The molecule has 0 amide bonds. The van der Waals surface area contributed by atoms with Gasteiger partial charge in [0, 0.05) is 17.3 Å². The zero-order valence-corrected chi connectivity index (χ0v) is 18.8. The second-order valence-corrected chi connectivity index (χ2v) is 8.66. The van der Waals surface area contributed by atoms with Crippen molar-refractivity contribution in [3.63, 3.8) is 0 Å². The molecule has 4 aromatic rings. The first-order valence-electron chi connectivity index (χ1n) is 9.87. The molecule has 154 valence electrons. The van der Waals surface area contributed by atoms with Crippen molar-refractivity contribution in [1.82, 2.24) is 19.3 Å². The zero-order chi connectivity index (χ0) is 21.3. The molecule has 0 aliphatic heterocycles. The van der Waals surface area contributed by atoms with Crippen LogP contribution in [0.2, 0.25) is 5.02 Å². The first-order valence-corrected chi connectivity index (χ1v) is 11.2. The largest absolute Gasteiger partial charge is 0.281 e. The van der Waals surface area contributed by atoms with Gasteiger partial charge in [-0.25, -0.2) is 4.98 Å². The van der Waals surface area contributed by atoms with Crippen LogP contribution in [0.4, 0.5) is 0 Å². The van der Waals surface area contributed by atoms with Gasteiger partial charge in [0.25, 0.3) is 5.56 Å². The average Bonchev–Trinajstić information content (AvgIpc) is 3.07. The summed E-state index contributed by atoms with van der Waals surface area (Å²) < 4.78 is 3.49. The van der Waals surface area contributed by atoms with Crippen LogP contribution in [0.3, 0.4) is 0 Å². The van der Waals surface area contributed by atoms with Crippen LogP contribution in [-0.4, -0.2) is 19.3 Å². The van der Waals surface area contributed by atoms with Gasteiger partial charge in [0.15, 0.2) is 10.7 Å². The number of halogens is 1. The van der Waals surface area contributed by atoms with E-state index < -0.39 is 0 Å². The van der Waals surface area contributed by atoms with E-state index in [1.54, 1.807) is 21.0 Å². The van der Waals surface area contributed by atoms with E-state index in [1.807, 2.05) is 38.1 Å². The van der Waals surface area contributed by atoms with Crippen molar-refractivity contribution in [2.45, 2.75) is 44.8 Å². The molecule has 2 aromatic carbocycles. The minimum Gasteiger partial charge on any atom is -0.281 e. The van der Waals surface area contributed by atoms with Gasteiger partial charge < -0.3 is 0 Å². The minimum absolute atomic E-state index is 0.0659. The Bertz CT molecular complexity index is 1240. The Hall–Kier alpha value is -2.57. The van der Waals surface area contributed by atoms with Gasteiger partial charge in [-0.1, -0.05) is 65.3 Å². The second kappa shape index (κ2) is 8.66. The zero-order valence-electron chi connectivity index (χ0n) is 17.2. The standard InChI is InChI=1S/C23H23ClN4OS/c1-4-28-21-20(16(3)26-28)25-23(30-14-18-7-5-15(2)6-8-18)27(22(21)29)13-17-9-11-19(24)12-10-17/h5-12H,4,13-14H2,1-3H3. The maximum atomic E-state index is 13.5. The molecule has 0 bridgehead atoms. The van der Waals surface area contributed by atoms with Gasteiger partial charge in [0.05, 0.1) is 12.2 Å². The molecular formula is C23H23ClN4OS. The van der Waals surface area contributed by atoms with Gasteiger partial charge in [-0.15, -0.1) is 0 Å². The smallest absolute Gasteiger partial charge is 0.280 e. The number of nitrogens with zero attached hydrogens (tertiary/aromatic N) is 4. The van der Waals surface area contributed by atoms with Crippen molar-refractivity contribution >= 4 is 34.4 Å². The first-order chi connectivity index (χ1) is 14.5. The normalized spacial score (nSPS) is 11.3. The number of aryl methyl sites for hydroxylation is 3. The monoisotopic (exact) mass is 438 g/mol. The summed E-state index contributed by atoms with van der Waals surface area (Å²) in [5.41, 5.74) is 5.37. The summed E-state index contributed by atoms with van der Waals surface area (Å²) in [6.07, 6.45) is 0. The summed E-state index contributed by atoms with van der Waals surface area (Å²) in [5.74, 6) is 0.736. The number of hydrogen-bond donors (Lipinski definition) is 0. The third kappa shape index (κ3) is 4.16. The molecule has 0 atom stereocenters. The maximum absolute atomic E-state index is 13.5. The van der Waals surface area contributed by atoms with Gasteiger partial charge >= 0.3 is 0 Å². The molecule has 7 heteroatoms. The highest BCUT2D eigenvalue weighted by molar-refractivity contribution is 7.98. The molecule has 0 aliphatic carbocycles. The van der Waals surface area contributed by atoms with Gasteiger partial charge in [-0.05, 0) is 44.0 Å². The van der Waals surface area contributed by atoms with Gasteiger partial charge in [0.2, 0.25) is 0 Å². The molecule has 2 heterocycles. The molecule has 0 radical (unpaired) electrons. The van der Waals surface area contributed by atoms with E-state index in [0.717, 1.165) is 17.0 Å². The highest BCUT2D eigenvalue weighted by Crippen LogP contribution is 2.24. The van der Waals surface area contributed by atoms with Crippen LogP contribution in [0, 0.1) is 13.8 Å². The Kier molecular flexibility index (Phi) is 5.97. The molecule has 4 rings (SSSR count). The number of benzene rings is 2. The lowest BCUT2D eigenvalue weighted by atomic mass is 10.2. The topological polar surface area (TPSA) is 52.7 Å². The van der Waals surface area contributed by atoms with Crippen LogP contribution in [0.1, 0.15) is 29.3 Å². The summed E-state index contributed by atoms with van der Waals surface area (Å²) in [5, 5.41) is 5.88. The van der Waals surface area contributed by atoms with Crippen LogP contribution < -0.4 is 5.56 Å².